The number of fused-ring (bicyclic) bond motifs is 1. The van der Waals surface area contributed by atoms with Gasteiger partial charge in [-0.3, -0.25) is 4.79 Å². The summed E-state index contributed by atoms with van der Waals surface area (Å²) in [7, 11) is 0. The molecule has 0 radical (unpaired) electrons. The molecule has 1 heterocycles. The summed E-state index contributed by atoms with van der Waals surface area (Å²) in [5.74, 6) is -0.139. The van der Waals surface area contributed by atoms with E-state index in [2.05, 4.69) is 24.1 Å². The lowest BCUT2D eigenvalue weighted by molar-refractivity contribution is -0.118. The minimum Gasteiger partial charge on any atom is -0.483 e. The molecule has 0 aliphatic rings. The Hall–Kier alpha value is -3.12. The van der Waals surface area contributed by atoms with Crippen LogP contribution in [0, 0.1) is 0 Å². The molecule has 1 N–H and O–H groups in total. The van der Waals surface area contributed by atoms with Crippen LogP contribution in [0.5, 0.6) is 5.75 Å². The number of nitrogens with one attached hydrogen (secondary N) is 1. The molecule has 156 valence electrons. The number of benzene rings is 2. The van der Waals surface area contributed by atoms with Crippen LogP contribution in [0.3, 0.4) is 0 Å². The van der Waals surface area contributed by atoms with Crippen LogP contribution in [0.4, 0.5) is 5.69 Å². The fourth-order valence-electron chi connectivity index (χ4n) is 2.89. The van der Waals surface area contributed by atoms with Crippen molar-refractivity contribution in [3.63, 3.8) is 0 Å². The first-order valence-electron chi connectivity index (χ1n) is 9.67. The number of hydrogen-bond acceptors (Lipinski definition) is 5. The lowest BCUT2D eigenvalue weighted by atomic mass is 10.0. The van der Waals surface area contributed by atoms with Crippen LogP contribution in [-0.4, -0.2) is 30.1 Å². The Labute approximate surface area is 180 Å². The third kappa shape index (κ3) is 5.27. The molecule has 1 amide bonds. The molecule has 0 spiro atoms. The molecule has 0 fully saturated rings. The van der Waals surface area contributed by atoms with Gasteiger partial charge in [-0.1, -0.05) is 37.6 Å². The molecule has 0 aliphatic heterocycles. The van der Waals surface area contributed by atoms with Crippen LogP contribution in [0.2, 0.25) is 5.02 Å². The summed E-state index contributed by atoms with van der Waals surface area (Å²) >= 11 is 6.09. The Balaban J connectivity index is 1.77. The Morgan fingerprint density at radius 1 is 1.10 bits per heavy atom. The van der Waals surface area contributed by atoms with E-state index in [1.165, 1.54) is 11.6 Å². The average Bonchev–Trinajstić information content (AvgIpc) is 2.72. The molecule has 6 nitrogen and oxygen atoms in total. The van der Waals surface area contributed by atoms with E-state index in [-0.39, 0.29) is 24.8 Å². The summed E-state index contributed by atoms with van der Waals surface area (Å²) in [4.78, 5) is 28.8. The highest BCUT2D eigenvalue weighted by atomic mass is 35.5. The lowest BCUT2D eigenvalue weighted by Crippen LogP contribution is -2.20. The largest absolute Gasteiger partial charge is 0.483 e. The SMILES string of the molecule is CCOC(=O)c1cc(OCC(=O)Nc2ccc(C(C)C)cc2)c2cc(Cl)ccc2n1. The Morgan fingerprint density at radius 2 is 1.83 bits per heavy atom. The molecule has 3 aromatic rings. The summed E-state index contributed by atoms with van der Waals surface area (Å²) in [5.41, 5.74) is 2.50. The number of amides is 1. The zero-order chi connectivity index (χ0) is 21.7. The zero-order valence-corrected chi connectivity index (χ0v) is 17.8. The number of hydrogen-bond donors (Lipinski definition) is 1. The number of pyridine rings is 1. The maximum atomic E-state index is 12.4. The Morgan fingerprint density at radius 3 is 2.50 bits per heavy atom. The molecule has 0 saturated carbocycles. The Kier molecular flexibility index (Phi) is 6.90. The fourth-order valence-corrected chi connectivity index (χ4v) is 3.06. The van der Waals surface area contributed by atoms with Gasteiger partial charge in [0.25, 0.3) is 5.91 Å². The summed E-state index contributed by atoms with van der Waals surface area (Å²) in [5, 5.41) is 3.89. The van der Waals surface area contributed by atoms with Gasteiger partial charge >= 0.3 is 5.97 Å². The second-order valence-corrected chi connectivity index (χ2v) is 7.44. The molecule has 2 aromatic carbocycles. The first kappa shape index (κ1) is 21.6. The molecule has 0 aliphatic carbocycles. The van der Waals surface area contributed by atoms with E-state index in [0.29, 0.717) is 33.3 Å². The van der Waals surface area contributed by atoms with Crippen LogP contribution in [0.25, 0.3) is 10.9 Å². The topological polar surface area (TPSA) is 77.5 Å². The molecular weight excluding hydrogens is 404 g/mol. The van der Waals surface area contributed by atoms with Crippen molar-refractivity contribution in [3.05, 3.63) is 64.8 Å². The van der Waals surface area contributed by atoms with Crippen molar-refractivity contribution in [1.29, 1.82) is 0 Å². The van der Waals surface area contributed by atoms with Gasteiger partial charge in [-0.2, -0.15) is 0 Å². The molecule has 30 heavy (non-hydrogen) atoms. The second kappa shape index (κ2) is 9.59. The van der Waals surface area contributed by atoms with E-state index in [0.717, 1.165) is 0 Å². The minimum absolute atomic E-state index is 0.103. The smallest absolute Gasteiger partial charge is 0.357 e. The van der Waals surface area contributed by atoms with Crippen LogP contribution in [-0.2, 0) is 9.53 Å². The van der Waals surface area contributed by atoms with E-state index in [4.69, 9.17) is 21.1 Å². The van der Waals surface area contributed by atoms with Crippen molar-refractivity contribution >= 4 is 40.1 Å². The van der Waals surface area contributed by atoms with Gasteiger partial charge in [0.05, 0.1) is 12.1 Å². The monoisotopic (exact) mass is 426 g/mol. The first-order chi connectivity index (χ1) is 14.4. The average molecular weight is 427 g/mol. The van der Waals surface area contributed by atoms with Crippen molar-refractivity contribution in [2.45, 2.75) is 26.7 Å². The second-order valence-electron chi connectivity index (χ2n) is 7.00. The fraction of sp³-hybridized carbons (Fsp3) is 0.261. The highest BCUT2D eigenvalue weighted by Gasteiger charge is 2.15. The van der Waals surface area contributed by atoms with Gasteiger partial charge in [0.15, 0.2) is 12.3 Å². The van der Waals surface area contributed by atoms with E-state index >= 15 is 0 Å². The van der Waals surface area contributed by atoms with Crippen molar-refractivity contribution < 1.29 is 19.1 Å². The number of esters is 1. The van der Waals surface area contributed by atoms with Gasteiger partial charge < -0.3 is 14.8 Å². The van der Waals surface area contributed by atoms with Crippen LogP contribution in [0.1, 0.15) is 42.7 Å². The number of nitrogens with zero attached hydrogens (tertiary/aromatic N) is 1. The molecule has 0 bridgehead atoms. The van der Waals surface area contributed by atoms with Crippen LogP contribution in [0.15, 0.2) is 48.5 Å². The summed E-state index contributed by atoms with van der Waals surface area (Å²) in [6, 6.07) is 14.2. The lowest BCUT2D eigenvalue weighted by Gasteiger charge is -2.12. The van der Waals surface area contributed by atoms with Gasteiger partial charge in [0, 0.05) is 22.2 Å². The van der Waals surface area contributed by atoms with E-state index < -0.39 is 5.97 Å². The minimum atomic E-state index is -0.561. The third-order valence-electron chi connectivity index (χ3n) is 4.44. The Bertz CT molecular complexity index is 1060. The van der Waals surface area contributed by atoms with Crippen molar-refractivity contribution in [1.82, 2.24) is 4.98 Å². The molecule has 7 heteroatoms. The van der Waals surface area contributed by atoms with Crippen LogP contribution >= 0.6 is 11.6 Å². The van der Waals surface area contributed by atoms with Crippen molar-refractivity contribution in [2.75, 3.05) is 18.5 Å². The predicted octanol–water partition coefficient (Wildman–Crippen LogP) is 5.21. The van der Waals surface area contributed by atoms with Gasteiger partial charge in [-0.15, -0.1) is 0 Å². The number of carbonyl (C=O) groups is 2. The van der Waals surface area contributed by atoms with Crippen molar-refractivity contribution in [3.8, 4) is 5.75 Å². The van der Waals surface area contributed by atoms with Gasteiger partial charge in [0.1, 0.15) is 5.75 Å². The first-order valence-corrected chi connectivity index (χ1v) is 10.0. The number of carbonyl (C=O) groups excluding carboxylic acids is 2. The summed E-state index contributed by atoms with van der Waals surface area (Å²) < 4.78 is 10.7. The predicted molar refractivity (Wildman–Crippen MR) is 117 cm³/mol. The van der Waals surface area contributed by atoms with Crippen molar-refractivity contribution in [2.24, 2.45) is 0 Å². The zero-order valence-electron chi connectivity index (χ0n) is 17.1. The third-order valence-corrected chi connectivity index (χ3v) is 4.67. The van der Waals surface area contributed by atoms with Gasteiger partial charge in [0.2, 0.25) is 0 Å². The standard InChI is InChI=1S/C23H23ClN2O4/c1-4-29-23(28)20-12-21(18-11-16(24)7-10-19(18)26-20)30-13-22(27)25-17-8-5-15(6-9-17)14(2)3/h5-12,14H,4,13H2,1-3H3,(H,25,27). The molecule has 0 unspecified atom stereocenters. The van der Waals surface area contributed by atoms with Crippen LogP contribution < -0.4 is 10.1 Å². The molecule has 1 aromatic heterocycles. The quantitative estimate of drug-likeness (QED) is 0.525. The number of anilines is 1. The number of rotatable bonds is 7. The van der Waals surface area contributed by atoms with E-state index in [1.807, 2.05) is 24.3 Å². The highest BCUT2D eigenvalue weighted by Crippen LogP contribution is 2.28. The van der Waals surface area contributed by atoms with E-state index in [9.17, 15) is 9.59 Å². The summed E-state index contributed by atoms with van der Waals surface area (Å²) in [6.45, 7) is 5.93. The highest BCUT2D eigenvalue weighted by molar-refractivity contribution is 6.31. The molecular formula is C23H23ClN2O4. The number of ether oxygens (including phenoxy) is 2. The van der Waals surface area contributed by atoms with E-state index in [1.54, 1.807) is 25.1 Å². The number of aromatic nitrogens is 1. The normalized spacial score (nSPS) is 10.8. The summed E-state index contributed by atoms with van der Waals surface area (Å²) in [6.07, 6.45) is 0. The molecule has 0 atom stereocenters. The van der Waals surface area contributed by atoms with Gasteiger partial charge in [-0.05, 0) is 48.7 Å². The molecule has 3 rings (SSSR count). The maximum absolute atomic E-state index is 12.4. The van der Waals surface area contributed by atoms with Gasteiger partial charge in [-0.25, -0.2) is 9.78 Å². The maximum Gasteiger partial charge on any atom is 0.357 e. The number of halogens is 1. The molecule has 0 saturated heterocycles.